The Balaban J connectivity index is 3.07. The summed E-state index contributed by atoms with van der Waals surface area (Å²) in [4.78, 5) is 11.0. The fraction of sp³-hybridized carbons (Fsp3) is 0.300. The van der Waals surface area contributed by atoms with E-state index in [1.54, 1.807) is 14.0 Å². The average Bonchev–Trinajstić information content (AvgIpc) is 2.08. The molecule has 0 aliphatic carbocycles. The Bertz CT molecular complexity index is 321. The molecular formula is C10H11BrO2. The lowest BCUT2D eigenvalue weighted by Gasteiger charge is -2.08. The first kappa shape index (κ1) is 10.3. The molecule has 0 heterocycles. The van der Waals surface area contributed by atoms with Crippen LogP contribution < -0.4 is 4.74 Å². The van der Waals surface area contributed by atoms with Crippen LogP contribution in [-0.2, 0) is 11.2 Å². The maximum absolute atomic E-state index is 11.0. The van der Waals surface area contributed by atoms with Crippen molar-refractivity contribution in [3.63, 3.8) is 0 Å². The van der Waals surface area contributed by atoms with Crippen LogP contribution in [0.3, 0.4) is 0 Å². The van der Waals surface area contributed by atoms with Gasteiger partial charge in [-0.25, -0.2) is 0 Å². The van der Waals surface area contributed by atoms with Gasteiger partial charge in [-0.15, -0.1) is 0 Å². The first-order valence-electron chi connectivity index (χ1n) is 3.96. The number of carbonyl (C=O) groups excluding carboxylic acids is 1. The van der Waals surface area contributed by atoms with E-state index in [9.17, 15) is 4.79 Å². The van der Waals surface area contributed by atoms with Crippen molar-refractivity contribution in [1.82, 2.24) is 0 Å². The molecule has 0 atom stereocenters. The minimum Gasteiger partial charge on any atom is -0.496 e. The van der Waals surface area contributed by atoms with E-state index in [4.69, 9.17) is 4.74 Å². The highest BCUT2D eigenvalue weighted by Crippen LogP contribution is 2.26. The van der Waals surface area contributed by atoms with Gasteiger partial charge in [-0.05, 0) is 19.1 Å². The zero-order valence-corrected chi connectivity index (χ0v) is 9.22. The smallest absolute Gasteiger partial charge is 0.134 e. The second-order valence-corrected chi connectivity index (χ2v) is 3.65. The van der Waals surface area contributed by atoms with E-state index in [0.717, 1.165) is 15.8 Å². The summed E-state index contributed by atoms with van der Waals surface area (Å²) in [6, 6.07) is 5.64. The third-order valence-electron chi connectivity index (χ3n) is 1.72. The van der Waals surface area contributed by atoms with Crippen LogP contribution >= 0.6 is 15.9 Å². The second kappa shape index (κ2) is 4.42. The van der Waals surface area contributed by atoms with E-state index in [0.29, 0.717) is 6.42 Å². The predicted molar refractivity (Wildman–Crippen MR) is 55.1 cm³/mol. The molecule has 0 aromatic heterocycles. The van der Waals surface area contributed by atoms with Crippen molar-refractivity contribution in [1.29, 1.82) is 0 Å². The van der Waals surface area contributed by atoms with Gasteiger partial charge in [0.25, 0.3) is 0 Å². The van der Waals surface area contributed by atoms with Gasteiger partial charge in [0, 0.05) is 16.5 Å². The normalized spacial score (nSPS) is 9.77. The monoisotopic (exact) mass is 242 g/mol. The molecule has 0 N–H and O–H groups in total. The van der Waals surface area contributed by atoms with E-state index in [1.165, 1.54) is 0 Å². The molecule has 0 spiro atoms. The zero-order valence-electron chi connectivity index (χ0n) is 7.63. The van der Waals surface area contributed by atoms with Crippen molar-refractivity contribution in [3.8, 4) is 5.75 Å². The van der Waals surface area contributed by atoms with Crippen LogP contribution in [0.25, 0.3) is 0 Å². The molecule has 0 aliphatic heterocycles. The number of Topliss-reactive ketones (excluding diaryl/α,β-unsaturated/α-hetero) is 1. The summed E-state index contributed by atoms with van der Waals surface area (Å²) < 4.78 is 6.06. The first-order chi connectivity index (χ1) is 6.15. The molecule has 0 amide bonds. The van der Waals surface area contributed by atoms with Crippen LogP contribution in [0.15, 0.2) is 22.7 Å². The number of hydrogen-bond donors (Lipinski definition) is 0. The Labute approximate surface area is 86.0 Å². The lowest BCUT2D eigenvalue weighted by Crippen LogP contribution is -2.00. The van der Waals surface area contributed by atoms with Crippen molar-refractivity contribution in [2.45, 2.75) is 13.3 Å². The Kier molecular flexibility index (Phi) is 3.48. The lowest BCUT2D eigenvalue weighted by atomic mass is 10.1. The van der Waals surface area contributed by atoms with Gasteiger partial charge < -0.3 is 4.74 Å². The molecule has 0 fully saturated rings. The van der Waals surface area contributed by atoms with Crippen LogP contribution in [0.4, 0.5) is 0 Å². The predicted octanol–water partition coefficient (Wildman–Crippen LogP) is 2.59. The van der Waals surface area contributed by atoms with E-state index in [-0.39, 0.29) is 5.78 Å². The summed E-state index contributed by atoms with van der Waals surface area (Å²) in [5.41, 5.74) is 0.914. The van der Waals surface area contributed by atoms with E-state index >= 15 is 0 Å². The SMILES string of the molecule is COc1cccc(Br)c1CC(C)=O. The molecule has 1 aromatic carbocycles. The molecular weight excluding hydrogens is 232 g/mol. The van der Waals surface area contributed by atoms with Gasteiger partial charge in [0.2, 0.25) is 0 Å². The third kappa shape index (κ3) is 2.56. The third-order valence-corrected chi connectivity index (χ3v) is 2.46. The van der Waals surface area contributed by atoms with E-state index < -0.39 is 0 Å². The fourth-order valence-corrected chi connectivity index (χ4v) is 1.64. The van der Waals surface area contributed by atoms with Crippen molar-refractivity contribution in [2.75, 3.05) is 7.11 Å². The summed E-state index contributed by atoms with van der Waals surface area (Å²) in [5.74, 6) is 0.884. The number of rotatable bonds is 3. The van der Waals surface area contributed by atoms with Crippen LogP contribution in [-0.4, -0.2) is 12.9 Å². The Morgan fingerprint density at radius 2 is 2.23 bits per heavy atom. The lowest BCUT2D eigenvalue weighted by molar-refractivity contribution is -0.116. The second-order valence-electron chi connectivity index (χ2n) is 2.80. The molecule has 0 saturated heterocycles. The highest BCUT2D eigenvalue weighted by Gasteiger charge is 2.08. The minimum absolute atomic E-state index is 0.130. The number of ether oxygens (including phenoxy) is 1. The van der Waals surface area contributed by atoms with Crippen LogP contribution in [0.2, 0.25) is 0 Å². The standard InChI is InChI=1S/C10H11BrO2/c1-7(12)6-8-9(11)4-3-5-10(8)13-2/h3-5H,6H2,1-2H3. The molecule has 2 nitrogen and oxygen atoms in total. The molecule has 0 bridgehead atoms. The number of hydrogen-bond acceptors (Lipinski definition) is 2. The maximum atomic E-state index is 11.0. The number of ketones is 1. The average molecular weight is 243 g/mol. The zero-order chi connectivity index (χ0) is 9.84. The summed E-state index contributed by atoms with van der Waals surface area (Å²) >= 11 is 3.38. The molecule has 70 valence electrons. The Morgan fingerprint density at radius 3 is 2.77 bits per heavy atom. The summed E-state index contributed by atoms with van der Waals surface area (Å²) in [6.07, 6.45) is 0.407. The number of benzene rings is 1. The molecule has 13 heavy (non-hydrogen) atoms. The quantitative estimate of drug-likeness (QED) is 0.815. The number of methoxy groups -OCH3 is 1. The van der Waals surface area contributed by atoms with Crippen molar-refractivity contribution in [3.05, 3.63) is 28.2 Å². The molecule has 0 saturated carbocycles. The van der Waals surface area contributed by atoms with Crippen molar-refractivity contribution in [2.24, 2.45) is 0 Å². The van der Waals surface area contributed by atoms with Crippen LogP contribution in [0, 0.1) is 0 Å². The molecule has 1 rings (SSSR count). The maximum Gasteiger partial charge on any atom is 0.134 e. The van der Waals surface area contributed by atoms with Gasteiger partial charge in [-0.2, -0.15) is 0 Å². The number of halogens is 1. The molecule has 0 radical (unpaired) electrons. The minimum atomic E-state index is 0.130. The van der Waals surface area contributed by atoms with E-state index in [1.807, 2.05) is 18.2 Å². The van der Waals surface area contributed by atoms with Gasteiger partial charge in [-0.1, -0.05) is 22.0 Å². The highest BCUT2D eigenvalue weighted by atomic mass is 79.9. The van der Waals surface area contributed by atoms with E-state index in [2.05, 4.69) is 15.9 Å². The van der Waals surface area contributed by atoms with Gasteiger partial charge in [-0.3, -0.25) is 4.79 Å². The van der Waals surface area contributed by atoms with Crippen LogP contribution in [0.5, 0.6) is 5.75 Å². The molecule has 0 unspecified atom stereocenters. The summed E-state index contributed by atoms with van der Waals surface area (Å²) in [5, 5.41) is 0. The van der Waals surface area contributed by atoms with Gasteiger partial charge in [0.1, 0.15) is 11.5 Å². The summed E-state index contributed by atoms with van der Waals surface area (Å²) in [7, 11) is 1.60. The van der Waals surface area contributed by atoms with Crippen molar-refractivity contribution < 1.29 is 9.53 Å². The van der Waals surface area contributed by atoms with Gasteiger partial charge in [0.15, 0.2) is 0 Å². The summed E-state index contributed by atoms with van der Waals surface area (Å²) in [6.45, 7) is 1.57. The van der Waals surface area contributed by atoms with Crippen LogP contribution in [0.1, 0.15) is 12.5 Å². The highest BCUT2D eigenvalue weighted by molar-refractivity contribution is 9.10. The van der Waals surface area contributed by atoms with Gasteiger partial charge in [0.05, 0.1) is 7.11 Å². The Hall–Kier alpha value is -0.830. The molecule has 3 heteroatoms. The van der Waals surface area contributed by atoms with Gasteiger partial charge >= 0.3 is 0 Å². The fourth-order valence-electron chi connectivity index (χ4n) is 1.15. The topological polar surface area (TPSA) is 26.3 Å². The first-order valence-corrected chi connectivity index (χ1v) is 4.75. The largest absolute Gasteiger partial charge is 0.496 e. The molecule has 1 aromatic rings. The number of carbonyl (C=O) groups is 1. The van der Waals surface area contributed by atoms with Crippen molar-refractivity contribution >= 4 is 21.7 Å². The Morgan fingerprint density at radius 1 is 1.54 bits per heavy atom. The molecule has 0 aliphatic rings.